The Morgan fingerprint density at radius 1 is 1.04 bits per heavy atom. The van der Waals surface area contributed by atoms with Crippen LogP contribution < -0.4 is 0 Å². The summed E-state index contributed by atoms with van der Waals surface area (Å²) in [4.78, 5) is 16.6. The molecule has 0 bridgehead atoms. The molecule has 0 N–H and O–H groups in total. The minimum atomic E-state index is 0.744. The number of fused-ring (bicyclic) bond motifs is 7. The fraction of sp³-hybridized carbons (Fsp3) is 0.158. The zero-order valence-corrected chi connectivity index (χ0v) is 12.8. The maximum Gasteiger partial charge on any atom is 0.158 e. The molecule has 4 aromatic rings. The highest BCUT2D eigenvalue weighted by molar-refractivity contribution is 6.05. The van der Waals surface area contributed by atoms with Crippen LogP contribution in [0.25, 0.3) is 33.5 Å². The largest absolute Gasteiger partial charge is 0.336 e. The van der Waals surface area contributed by atoms with Gasteiger partial charge in [-0.05, 0) is 30.7 Å². The summed E-state index contributed by atoms with van der Waals surface area (Å²) in [6.45, 7) is 3.82. The lowest BCUT2D eigenvalue weighted by Crippen LogP contribution is -2.16. The standard InChI is InChI=1S/C19H15N3O/c1-12-6-7-15-17(10-12)22-9-8-21-16-5-3-2-4-13(16)14(11-23)18(21)19(22)20-15/h2-7,10-11H,8-9H2,1H3. The van der Waals surface area contributed by atoms with Crippen molar-refractivity contribution in [2.45, 2.75) is 20.0 Å². The first-order valence-corrected chi connectivity index (χ1v) is 7.81. The summed E-state index contributed by atoms with van der Waals surface area (Å²) in [5.74, 6) is 0.898. The Kier molecular flexibility index (Phi) is 2.37. The first-order chi connectivity index (χ1) is 11.3. The quantitative estimate of drug-likeness (QED) is 0.502. The summed E-state index contributed by atoms with van der Waals surface area (Å²) in [5.41, 5.74) is 6.16. The van der Waals surface area contributed by atoms with Crippen LogP contribution in [0, 0.1) is 6.92 Å². The van der Waals surface area contributed by atoms with Crippen LogP contribution in [-0.4, -0.2) is 20.4 Å². The van der Waals surface area contributed by atoms with Crippen molar-refractivity contribution in [3.05, 3.63) is 53.6 Å². The molecule has 0 amide bonds. The number of carbonyl (C=O) groups is 1. The average Bonchev–Trinajstić information content (AvgIpc) is 3.10. The topological polar surface area (TPSA) is 39.8 Å². The Balaban J connectivity index is 1.94. The second-order valence-electron chi connectivity index (χ2n) is 6.13. The van der Waals surface area contributed by atoms with Crippen LogP contribution >= 0.6 is 0 Å². The number of hydrogen-bond donors (Lipinski definition) is 0. The van der Waals surface area contributed by atoms with Gasteiger partial charge in [-0.1, -0.05) is 24.3 Å². The summed E-state index contributed by atoms with van der Waals surface area (Å²) in [7, 11) is 0. The van der Waals surface area contributed by atoms with E-state index in [4.69, 9.17) is 4.98 Å². The third-order valence-electron chi connectivity index (χ3n) is 4.79. The maximum absolute atomic E-state index is 11.8. The van der Waals surface area contributed by atoms with E-state index in [1.807, 2.05) is 18.2 Å². The van der Waals surface area contributed by atoms with E-state index in [9.17, 15) is 4.79 Å². The summed E-state index contributed by atoms with van der Waals surface area (Å²) >= 11 is 0. The normalized spacial score (nSPS) is 13.3. The third kappa shape index (κ3) is 1.55. The molecule has 23 heavy (non-hydrogen) atoms. The van der Waals surface area contributed by atoms with Crippen molar-refractivity contribution in [2.75, 3.05) is 0 Å². The predicted molar refractivity (Wildman–Crippen MR) is 90.8 cm³/mol. The Morgan fingerprint density at radius 2 is 1.87 bits per heavy atom. The number of rotatable bonds is 1. The maximum atomic E-state index is 11.8. The molecule has 2 aromatic carbocycles. The fourth-order valence-corrected chi connectivity index (χ4v) is 3.76. The first kappa shape index (κ1) is 12.6. The number of aldehydes is 1. The Hall–Kier alpha value is -2.88. The molecule has 2 aromatic heterocycles. The van der Waals surface area contributed by atoms with E-state index in [1.54, 1.807) is 0 Å². The van der Waals surface area contributed by atoms with Crippen LogP contribution in [0.5, 0.6) is 0 Å². The lowest BCUT2D eigenvalue weighted by Gasteiger charge is -2.19. The highest BCUT2D eigenvalue weighted by Crippen LogP contribution is 2.37. The molecule has 4 nitrogen and oxygen atoms in total. The predicted octanol–water partition coefficient (Wildman–Crippen LogP) is 3.79. The zero-order valence-electron chi connectivity index (χ0n) is 12.8. The minimum absolute atomic E-state index is 0.744. The Labute approximate surface area is 133 Å². The number of benzene rings is 2. The van der Waals surface area contributed by atoms with Gasteiger partial charge in [0.05, 0.1) is 22.3 Å². The van der Waals surface area contributed by atoms with Gasteiger partial charge in [-0.15, -0.1) is 0 Å². The van der Waals surface area contributed by atoms with Gasteiger partial charge in [0.2, 0.25) is 0 Å². The van der Waals surface area contributed by atoms with Gasteiger partial charge < -0.3 is 9.13 Å². The number of hydrogen-bond acceptors (Lipinski definition) is 2. The van der Waals surface area contributed by atoms with Crippen LogP contribution in [0.15, 0.2) is 42.5 Å². The monoisotopic (exact) mass is 301 g/mol. The summed E-state index contributed by atoms with van der Waals surface area (Å²) in [6, 6.07) is 14.4. The number of carbonyl (C=O) groups excluding carboxylic acids is 1. The molecule has 0 fully saturated rings. The van der Waals surface area contributed by atoms with E-state index in [-0.39, 0.29) is 0 Å². The molecule has 3 heterocycles. The second kappa shape index (κ2) is 4.32. The van der Waals surface area contributed by atoms with Gasteiger partial charge >= 0.3 is 0 Å². The van der Waals surface area contributed by atoms with E-state index in [0.717, 1.165) is 58.4 Å². The van der Waals surface area contributed by atoms with Crippen LogP contribution in [0.2, 0.25) is 0 Å². The van der Waals surface area contributed by atoms with Crippen molar-refractivity contribution in [1.82, 2.24) is 14.1 Å². The van der Waals surface area contributed by atoms with Crippen LogP contribution in [0.3, 0.4) is 0 Å². The number of nitrogens with zero attached hydrogens (tertiary/aromatic N) is 3. The van der Waals surface area contributed by atoms with Crippen LogP contribution in [-0.2, 0) is 13.1 Å². The third-order valence-corrected chi connectivity index (χ3v) is 4.79. The molecular formula is C19H15N3O. The summed E-state index contributed by atoms with van der Waals surface area (Å²) in [6.07, 6.45) is 0.967. The van der Waals surface area contributed by atoms with E-state index in [2.05, 4.69) is 40.3 Å². The van der Waals surface area contributed by atoms with Gasteiger partial charge in [0.25, 0.3) is 0 Å². The van der Waals surface area contributed by atoms with Crippen LogP contribution in [0.4, 0.5) is 0 Å². The van der Waals surface area contributed by atoms with Crippen molar-refractivity contribution in [3.8, 4) is 11.5 Å². The van der Waals surface area contributed by atoms with Gasteiger partial charge in [-0.3, -0.25) is 4.79 Å². The van der Waals surface area contributed by atoms with Gasteiger partial charge in [-0.25, -0.2) is 4.98 Å². The van der Waals surface area contributed by atoms with Crippen LogP contribution in [0.1, 0.15) is 15.9 Å². The molecule has 4 heteroatoms. The Morgan fingerprint density at radius 3 is 2.74 bits per heavy atom. The van der Waals surface area contributed by atoms with Gasteiger partial charge in [0.15, 0.2) is 12.1 Å². The average molecular weight is 301 g/mol. The molecule has 1 aliphatic heterocycles. The molecule has 112 valence electrons. The van der Waals surface area contributed by atoms with Crippen molar-refractivity contribution >= 4 is 28.2 Å². The Bertz CT molecular complexity index is 1100. The molecule has 0 atom stereocenters. The molecule has 0 spiro atoms. The molecule has 1 aliphatic rings. The van der Waals surface area contributed by atoms with Gasteiger partial charge in [0, 0.05) is 24.0 Å². The highest BCUT2D eigenvalue weighted by atomic mass is 16.1. The van der Waals surface area contributed by atoms with Gasteiger partial charge in [-0.2, -0.15) is 0 Å². The van der Waals surface area contributed by atoms with Crippen molar-refractivity contribution in [1.29, 1.82) is 0 Å². The lowest BCUT2D eigenvalue weighted by molar-refractivity contribution is 0.112. The lowest BCUT2D eigenvalue weighted by atomic mass is 10.1. The molecule has 0 unspecified atom stereocenters. The molecule has 0 saturated carbocycles. The minimum Gasteiger partial charge on any atom is -0.336 e. The molecule has 5 rings (SSSR count). The van der Waals surface area contributed by atoms with E-state index in [1.165, 1.54) is 5.56 Å². The molecule has 0 saturated heterocycles. The first-order valence-electron chi connectivity index (χ1n) is 7.81. The number of imidazole rings is 1. The highest BCUT2D eigenvalue weighted by Gasteiger charge is 2.26. The smallest absolute Gasteiger partial charge is 0.158 e. The molecule has 0 aliphatic carbocycles. The van der Waals surface area contributed by atoms with E-state index >= 15 is 0 Å². The van der Waals surface area contributed by atoms with Crippen molar-refractivity contribution in [2.24, 2.45) is 0 Å². The van der Waals surface area contributed by atoms with E-state index < -0.39 is 0 Å². The van der Waals surface area contributed by atoms with E-state index in [0.29, 0.717) is 0 Å². The number of aromatic nitrogens is 3. The zero-order chi connectivity index (χ0) is 15.6. The van der Waals surface area contributed by atoms with Crippen molar-refractivity contribution in [3.63, 3.8) is 0 Å². The molecular weight excluding hydrogens is 286 g/mol. The number of para-hydroxylation sites is 1. The summed E-state index contributed by atoms with van der Waals surface area (Å²) < 4.78 is 4.47. The van der Waals surface area contributed by atoms with Crippen molar-refractivity contribution < 1.29 is 4.79 Å². The number of aryl methyl sites for hydroxylation is 3. The SMILES string of the molecule is Cc1ccc2nc3n(c2c1)CCn1c-3c(C=O)c2ccccc21. The fourth-order valence-electron chi connectivity index (χ4n) is 3.76. The molecule has 0 radical (unpaired) electrons. The second-order valence-corrected chi connectivity index (χ2v) is 6.13. The van der Waals surface area contributed by atoms with Gasteiger partial charge in [0.1, 0.15) is 0 Å². The summed E-state index contributed by atoms with van der Waals surface area (Å²) in [5, 5.41) is 1.01.